The lowest BCUT2D eigenvalue weighted by Crippen LogP contribution is -2.17. The molecule has 0 aliphatic carbocycles. The average Bonchev–Trinajstić information content (AvgIpc) is 2.15. The van der Waals surface area contributed by atoms with E-state index >= 15 is 0 Å². The zero-order valence-electron chi connectivity index (χ0n) is 9.12. The molecule has 82 valence electrons. The van der Waals surface area contributed by atoms with Crippen molar-refractivity contribution in [1.29, 1.82) is 0 Å². The van der Waals surface area contributed by atoms with Crippen molar-refractivity contribution < 1.29 is 4.79 Å². The molecule has 2 N–H and O–H groups in total. The predicted molar refractivity (Wildman–Crippen MR) is 61.0 cm³/mol. The number of pyridine rings is 1. The van der Waals surface area contributed by atoms with Crippen LogP contribution in [0.3, 0.4) is 0 Å². The molecule has 0 saturated heterocycles. The van der Waals surface area contributed by atoms with Gasteiger partial charge in [0.15, 0.2) is 0 Å². The van der Waals surface area contributed by atoms with Crippen molar-refractivity contribution in [2.45, 2.75) is 26.7 Å². The van der Waals surface area contributed by atoms with Crippen LogP contribution in [0.15, 0.2) is 12.1 Å². The van der Waals surface area contributed by atoms with E-state index in [-0.39, 0.29) is 5.92 Å². The number of halogens is 1. The number of hydrogen-bond donors (Lipinski definition) is 1. The first-order valence-corrected chi connectivity index (χ1v) is 5.27. The van der Waals surface area contributed by atoms with Crippen molar-refractivity contribution in [3.8, 4) is 0 Å². The van der Waals surface area contributed by atoms with E-state index in [1.165, 1.54) is 0 Å². The lowest BCUT2D eigenvalue weighted by molar-refractivity contribution is 0.0998. The summed E-state index contributed by atoms with van der Waals surface area (Å²) in [5, 5.41) is 0.391. The molecule has 0 saturated carbocycles. The number of rotatable bonds is 3. The van der Waals surface area contributed by atoms with Crippen LogP contribution >= 0.6 is 11.6 Å². The lowest BCUT2D eigenvalue weighted by Gasteiger charge is -2.17. The van der Waals surface area contributed by atoms with Gasteiger partial charge in [0.25, 0.3) is 5.91 Å². The van der Waals surface area contributed by atoms with Crippen LogP contribution in [0.2, 0.25) is 5.15 Å². The Bertz CT molecular complexity index is 377. The quantitative estimate of drug-likeness (QED) is 0.806. The predicted octanol–water partition coefficient (Wildman–Crippen LogP) is 2.59. The molecule has 0 spiro atoms. The molecule has 0 aliphatic heterocycles. The zero-order chi connectivity index (χ0) is 11.6. The number of nitrogens with zero attached hydrogens (tertiary/aromatic N) is 1. The molecule has 3 nitrogen and oxygen atoms in total. The number of aromatic nitrogens is 1. The fourth-order valence-electron chi connectivity index (χ4n) is 1.32. The molecule has 1 aromatic rings. The normalized spacial score (nSPS) is 12.9. The maximum atomic E-state index is 11.2. The maximum absolute atomic E-state index is 11.2. The van der Waals surface area contributed by atoms with Crippen molar-refractivity contribution in [3.05, 3.63) is 28.5 Å². The number of amides is 1. The van der Waals surface area contributed by atoms with E-state index in [0.29, 0.717) is 22.3 Å². The molecule has 0 aromatic carbocycles. The maximum Gasteiger partial charge on any atom is 0.250 e. The molecule has 1 heterocycles. The summed E-state index contributed by atoms with van der Waals surface area (Å²) in [4.78, 5) is 15.4. The molecule has 1 rings (SSSR count). The van der Waals surface area contributed by atoms with Crippen LogP contribution in [0, 0.1) is 5.92 Å². The summed E-state index contributed by atoms with van der Waals surface area (Å²) < 4.78 is 0. The van der Waals surface area contributed by atoms with Gasteiger partial charge in [0.2, 0.25) is 0 Å². The van der Waals surface area contributed by atoms with Gasteiger partial charge < -0.3 is 5.73 Å². The standard InChI is InChI=1S/C11H15ClN2O/c1-6(2)7(3)10-8(11(13)15)4-5-9(12)14-10/h4-7H,1-3H3,(H2,13,15)/t7-/m1/s1. The third kappa shape index (κ3) is 2.69. The van der Waals surface area contributed by atoms with Gasteiger partial charge in [-0.3, -0.25) is 4.79 Å². The van der Waals surface area contributed by atoms with Gasteiger partial charge in [-0.2, -0.15) is 0 Å². The van der Waals surface area contributed by atoms with Crippen LogP contribution in [0.4, 0.5) is 0 Å². The van der Waals surface area contributed by atoms with Gasteiger partial charge in [-0.25, -0.2) is 4.98 Å². The number of carbonyl (C=O) groups is 1. The second-order valence-electron chi connectivity index (χ2n) is 3.96. The summed E-state index contributed by atoms with van der Waals surface area (Å²) in [7, 11) is 0. The summed E-state index contributed by atoms with van der Waals surface area (Å²) in [6.07, 6.45) is 0. The Kier molecular flexibility index (Phi) is 3.69. The molecule has 4 heteroatoms. The zero-order valence-corrected chi connectivity index (χ0v) is 9.88. The SMILES string of the molecule is CC(C)[C@@H](C)c1nc(Cl)ccc1C(N)=O. The van der Waals surface area contributed by atoms with Crippen LogP contribution in [-0.4, -0.2) is 10.9 Å². The summed E-state index contributed by atoms with van der Waals surface area (Å²) >= 11 is 5.81. The number of nitrogens with two attached hydrogens (primary N) is 1. The molecule has 15 heavy (non-hydrogen) atoms. The Morgan fingerprint density at radius 3 is 2.47 bits per heavy atom. The Labute approximate surface area is 94.6 Å². The Balaban J connectivity index is 3.24. The molecule has 1 atom stereocenters. The van der Waals surface area contributed by atoms with Crippen LogP contribution in [-0.2, 0) is 0 Å². The highest BCUT2D eigenvalue weighted by atomic mass is 35.5. The first-order chi connectivity index (χ1) is 6.93. The second kappa shape index (κ2) is 4.62. The van der Waals surface area contributed by atoms with E-state index in [4.69, 9.17) is 17.3 Å². The Morgan fingerprint density at radius 1 is 1.40 bits per heavy atom. The molecular weight excluding hydrogens is 212 g/mol. The summed E-state index contributed by atoms with van der Waals surface area (Å²) in [6.45, 7) is 6.14. The smallest absolute Gasteiger partial charge is 0.250 e. The highest BCUT2D eigenvalue weighted by Gasteiger charge is 2.18. The van der Waals surface area contributed by atoms with Gasteiger partial charge in [0.05, 0.1) is 11.3 Å². The molecule has 0 bridgehead atoms. The third-order valence-electron chi connectivity index (χ3n) is 2.59. The monoisotopic (exact) mass is 226 g/mol. The minimum Gasteiger partial charge on any atom is -0.366 e. The highest BCUT2D eigenvalue weighted by Crippen LogP contribution is 2.26. The van der Waals surface area contributed by atoms with Crippen LogP contribution in [0.5, 0.6) is 0 Å². The van der Waals surface area contributed by atoms with Gasteiger partial charge in [-0.1, -0.05) is 32.4 Å². The van der Waals surface area contributed by atoms with Crippen molar-refractivity contribution in [3.63, 3.8) is 0 Å². The molecule has 1 aromatic heterocycles. The molecule has 0 fully saturated rings. The minimum atomic E-state index is -0.457. The highest BCUT2D eigenvalue weighted by molar-refractivity contribution is 6.29. The van der Waals surface area contributed by atoms with E-state index in [2.05, 4.69) is 18.8 Å². The van der Waals surface area contributed by atoms with E-state index in [9.17, 15) is 4.79 Å². The van der Waals surface area contributed by atoms with Gasteiger partial charge in [0.1, 0.15) is 5.15 Å². The van der Waals surface area contributed by atoms with E-state index in [0.717, 1.165) is 0 Å². The number of carbonyl (C=O) groups excluding carboxylic acids is 1. The largest absolute Gasteiger partial charge is 0.366 e. The summed E-state index contributed by atoms with van der Waals surface area (Å²) in [6, 6.07) is 3.21. The first-order valence-electron chi connectivity index (χ1n) is 4.89. The lowest BCUT2D eigenvalue weighted by atomic mass is 9.91. The first kappa shape index (κ1) is 12.0. The van der Waals surface area contributed by atoms with Crippen LogP contribution < -0.4 is 5.73 Å². The van der Waals surface area contributed by atoms with Crippen molar-refractivity contribution >= 4 is 17.5 Å². The van der Waals surface area contributed by atoms with Crippen LogP contribution in [0.1, 0.15) is 42.7 Å². The van der Waals surface area contributed by atoms with Gasteiger partial charge >= 0.3 is 0 Å². The minimum absolute atomic E-state index is 0.159. The van der Waals surface area contributed by atoms with Gasteiger partial charge in [-0.15, -0.1) is 0 Å². The van der Waals surface area contributed by atoms with Gasteiger partial charge in [0, 0.05) is 5.92 Å². The molecule has 0 aliphatic rings. The number of hydrogen-bond acceptors (Lipinski definition) is 2. The van der Waals surface area contributed by atoms with Crippen LogP contribution in [0.25, 0.3) is 0 Å². The summed E-state index contributed by atoms with van der Waals surface area (Å²) in [5.41, 5.74) is 6.42. The fraction of sp³-hybridized carbons (Fsp3) is 0.455. The van der Waals surface area contributed by atoms with E-state index in [1.807, 2.05) is 6.92 Å². The molecule has 0 radical (unpaired) electrons. The Hall–Kier alpha value is -1.09. The van der Waals surface area contributed by atoms with Gasteiger partial charge in [-0.05, 0) is 18.1 Å². The topological polar surface area (TPSA) is 56.0 Å². The fourth-order valence-corrected chi connectivity index (χ4v) is 1.48. The second-order valence-corrected chi connectivity index (χ2v) is 4.35. The average molecular weight is 227 g/mol. The Morgan fingerprint density at radius 2 is 2.00 bits per heavy atom. The van der Waals surface area contributed by atoms with Crippen molar-refractivity contribution in [2.75, 3.05) is 0 Å². The van der Waals surface area contributed by atoms with E-state index in [1.54, 1.807) is 12.1 Å². The number of primary amides is 1. The van der Waals surface area contributed by atoms with E-state index < -0.39 is 5.91 Å². The van der Waals surface area contributed by atoms with Crippen molar-refractivity contribution in [1.82, 2.24) is 4.98 Å². The molecule has 1 amide bonds. The molecular formula is C11H15ClN2O. The van der Waals surface area contributed by atoms with Crippen molar-refractivity contribution in [2.24, 2.45) is 11.7 Å². The molecule has 0 unspecified atom stereocenters. The third-order valence-corrected chi connectivity index (χ3v) is 2.80. The summed E-state index contributed by atoms with van der Waals surface area (Å²) in [5.74, 6) is 0.0851.